The molecule has 122 valence electrons. The molecule has 2 rings (SSSR count). The maximum Gasteiger partial charge on any atom is 0.411 e. The van der Waals surface area contributed by atoms with Crippen LogP contribution < -0.4 is 16.4 Å². The van der Waals surface area contributed by atoms with Gasteiger partial charge in [-0.25, -0.2) is 4.79 Å². The first-order valence-corrected chi connectivity index (χ1v) is 7.76. The van der Waals surface area contributed by atoms with Crippen LogP contribution in [-0.2, 0) is 11.3 Å². The smallest absolute Gasteiger partial charge is 0.411 e. The summed E-state index contributed by atoms with van der Waals surface area (Å²) < 4.78 is 4.82. The molecule has 2 aromatic rings. The number of ether oxygens (including phenoxy) is 1. The number of halogens is 2. The minimum atomic E-state index is -0.527. The van der Waals surface area contributed by atoms with Gasteiger partial charge in [0.2, 0.25) is 0 Å². The molecule has 0 aliphatic rings. The first-order valence-electron chi connectivity index (χ1n) is 7.00. The van der Waals surface area contributed by atoms with Gasteiger partial charge >= 0.3 is 6.09 Å². The van der Waals surface area contributed by atoms with Crippen molar-refractivity contribution in [1.82, 2.24) is 0 Å². The third-order valence-electron chi connectivity index (χ3n) is 3.04. The Morgan fingerprint density at radius 2 is 1.96 bits per heavy atom. The third-order valence-corrected chi connectivity index (χ3v) is 3.78. The predicted octanol–water partition coefficient (Wildman–Crippen LogP) is 4.76. The highest BCUT2D eigenvalue weighted by Crippen LogP contribution is 2.26. The Balaban J connectivity index is 1.99. The van der Waals surface area contributed by atoms with Gasteiger partial charge in [-0.1, -0.05) is 29.3 Å². The number of nitrogens with two attached hydrogens (primary N) is 1. The fraction of sp³-hybridized carbons (Fsp3) is 0.188. The molecular weight excluding hydrogens is 337 g/mol. The summed E-state index contributed by atoms with van der Waals surface area (Å²) in [6, 6.07) is 10.7. The lowest BCUT2D eigenvalue weighted by molar-refractivity contribution is 0.168. The van der Waals surface area contributed by atoms with Crippen LogP contribution in [0.3, 0.4) is 0 Å². The summed E-state index contributed by atoms with van der Waals surface area (Å²) in [4.78, 5) is 11.4. The molecule has 0 fully saturated rings. The molecule has 0 heterocycles. The topological polar surface area (TPSA) is 76.4 Å². The van der Waals surface area contributed by atoms with Crippen molar-refractivity contribution in [2.45, 2.75) is 13.5 Å². The summed E-state index contributed by atoms with van der Waals surface area (Å²) in [7, 11) is 0. The van der Waals surface area contributed by atoms with E-state index >= 15 is 0 Å². The molecule has 1 amide bonds. The van der Waals surface area contributed by atoms with E-state index in [1.807, 2.05) is 12.1 Å². The van der Waals surface area contributed by atoms with Gasteiger partial charge in [-0.05, 0) is 42.8 Å². The van der Waals surface area contributed by atoms with Crippen molar-refractivity contribution in [3.8, 4) is 0 Å². The van der Waals surface area contributed by atoms with Crippen LogP contribution in [0.2, 0.25) is 10.0 Å². The average Bonchev–Trinajstić information content (AvgIpc) is 2.51. The molecule has 0 saturated carbocycles. The molecule has 4 N–H and O–H groups in total. The van der Waals surface area contributed by atoms with E-state index in [1.54, 1.807) is 31.2 Å². The van der Waals surface area contributed by atoms with Crippen molar-refractivity contribution in [3.63, 3.8) is 0 Å². The minimum Gasteiger partial charge on any atom is -0.450 e. The van der Waals surface area contributed by atoms with Gasteiger partial charge < -0.3 is 15.8 Å². The lowest BCUT2D eigenvalue weighted by atomic mass is 10.1. The molecule has 0 saturated heterocycles. The number of nitrogen functional groups attached to an aromatic ring is 1. The number of carbonyl (C=O) groups excluding carboxylic acids is 1. The zero-order valence-corrected chi connectivity index (χ0v) is 14.0. The van der Waals surface area contributed by atoms with Crippen molar-refractivity contribution in [2.75, 3.05) is 23.0 Å². The van der Waals surface area contributed by atoms with Gasteiger partial charge in [0.15, 0.2) is 0 Å². The SMILES string of the molecule is CCOC(=O)Nc1ccc(CNc2ccc(Cl)c(Cl)c2)cc1N. The van der Waals surface area contributed by atoms with Crippen LogP contribution >= 0.6 is 23.2 Å². The fourth-order valence-corrected chi connectivity index (χ4v) is 2.22. The molecule has 0 bridgehead atoms. The van der Waals surface area contributed by atoms with Crippen molar-refractivity contribution in [1.29, 1.82) is 0 Å². The molecule has 5 nitrogen and oxygen atoms in total. The highest BCUT2D eigenvalue weighted by molar-refractivity contribution is 6.42. The normalized spacial score (nSPS) is 10.2. The number of hydrogen-bond acceptors (Lipinski definition) is 4. The average molecular weight is 354 g/mol. The third kappa shape index (κ3) is 4.94. The van der Waals surface area contributed by atoms with E-state index in [0.29, 0.717) is 34.6 Å². The van der Waals surface area contributed by atoms with E-state index in [0.717, 1.165) is 11.3 Å². The Bertz CT molecular complexity index is 708. The predicted molar refractivity (Wildman–Crippen MR) is 95.3 cm³/mol. The minimum absolute atomic E-state index is 0.303. The number of amides is 1. The molecule has 0 unspecified atom stereocenters. The van der Waals surface area contributed by atoms with Crippen LogP contribution in [-0.4, -0.2) is 12.7 Å². The Hall–Kier alpha value is -2.11. The van der Waals surface area contributed by atoms with Gasteiger partial charge in [-0.15, -0.1) is 0 Å². The maximum absolute atomic E-state index is 11.4. The van der Waals surface area contributed by atoms with Gasteiger partial charge in [0, 0.05) is 12.2 Å². The van der Waals surface area contributed by atoms with Gasteiger partial charge in [0.25, 0.3) is 0 Å². The van der Waals surface area contributed by atoms with E-state index in [9.17, 15) is 4.79 Å². The lowest BCUT2D eigenvalue weighted by Crippen LogP contribution is -2.14. The van der Waals surface area contributed by atoms with Crippen LogP contribution in [0.15, 0.2) is 36.4 Å². The summed E-state index contributed by atoms with van der Waals surface area (Å²) >= 11 is 11.9. The van der Waals surface area contributed by atoms with E-state index in [2.05, 4.69) is 10.6 Å². The second kappa shape index (κ2) is 7.94. The highest BCUT2D eigenvalue weighted by Gasteiger charge is 2.06. The van der Waals surface area contributed by atoms with Crippen molar-refractivity contribution in [3.05, 3.63) is 52.0 Å². The molecule has 7 heteroatoms. The Labute approximate surface area is 144 Å². The maximum atomic E-state index is 11.4. The van der Waals surface area contributed by atoms with Gasteiger partial charge in [0.1, 0.15) is 0 Å². The van der Waals surface area contributed by atoms with Gasteiger partial charge in [-0.3, -0.25) is 5.32 Å². The summed E-state index contributed by atoms with van der Waals surface area (Å²) in [5, 5.41) is 6.81. The number of rotatable bonds is 5. The van der Waals surface area contributed by atoms with Gasteiger partial charge in [-0.2, -0.15) is 0 Å². The van der Waals surface area contributed by atoms with Gasteiger partial charge in [0.05, 0.1) is 28.0 Å². The van der Waals surface area contributed by atoms with E-state index in [-0.39, 0.29) is 0 Å². The molecule has 0 atom stereocenters. The molecule has 2 aromatic carbocycles. The largest absolute Gasteiger partial charge is 0.450 e. The summed E-state index contributed by atoms with van der Waals surface area (Å²) in [6.07, 6.45) is -0.527. The lowest BCUT2D eigenvalue weighted by Gasteiger charge is -2.11. The zero-order chi connectivity index (χ0) is 16.8. The van der Waals surface area contributed by atoms with Crippen LogP contribution in [0.5, 0.6) is 0 Å². The molecular formula is C16H17Cl2N3O2. The monoisotopic (exact) mass is 353 g/mol. The number of hydrogen-bond donors (Lipinski definition) is 3. The standard InChI is InChI=1S/C16H17Cl2N3O2/c1-2-23-16(22)21-15-6-3-10(7-14(15)19)9-20-11-4-5-12(17)13(18)8-11/h3-8,20H,2,9,19H2,1H3,(H,21,22). The molecule has 23 heavy (non-hydrogen) atoms. The quantitative estimate of drug-likeness (QED) is 0.677. The number of nitrogens with one attached hydrogen (secondary N) is 2. The summed E-state index contributed by atoms with van der Waals surface area (Å²) in [5.41, 5.74) is 8.74. The van der Waals surface area contributed by atoms with Crippen LogP contribution in [0.25, 0.3) is 0 Å². The molecule has 0 spiro atoms. The van der Waals surface area contributed by atoms with Crippen LogP contribution in [0, 0.1) is 0 Å². The number of anilines is 3. The van der Waals surface area contributed by atoms with E-state index < -0.39 is 6.09 Å². The van der Waals surface area contributed by atoms with E-state index in [1.165, 1.54) is 0 Å². The molecule has 0 aliphatic heterocycles. The summed E-state index contributed by atoms with van der Waals surface area (Å²) in [6.45, 7) is 2.60. The Morgan fingerprint density at radius 1 is 1.17 bits per heavy atom. The summed E-state index contributed by atoms with van der Waals surface area (Å²) in [5.74, 6) is 0. The zero-order valence-electron chi connectivity index (χ0n) is 12.5. The number of benzene rings is 2. The van der Waals surface area contributed by atoms with Crippen LogP contribution in [0.1, 0.15) is 12.5 Å². The molecule has 0 aliphatic carbocycles. The van der Waals surface area contributed by atoms with Crippen molar-refractivity contribution < 1.29 is 9.53 Å². The molecule has 0 radical (unpaired) electrons. The van der Waals surface area contributed by atoms with E-state index in [4.69, 9.17) is 33.7 Å². The second-order valence-corrected chi connectivity index (χ2v) is 5.56. The van der Waals surface area contributed by atoms with Crippen LogP contribution in [0.4, 0.5) is 21.9 Å². The Morgan fingerprint density at radius 3 is 2.61 bits per heavy atom. The highest BCUT2D eigenvalue weighted by atomic mass is 35.5. The number of carbonyl (C=O) groups is 1. The first kappa shape index (κ1) is 17.2. The first-order chi connectivity index (χ1) is 11.0. The van der Waals surface area contributed by atoms with Crippen molar-refractivity contribution >= 4 is 46.4 Å². The fourth-order valence-electron chi connectivity index (χ4n) is 1.92. The Kier molecular flexibility index (Phi) is 5.96. The van der Waals surface area contributed by atoms with Crippen molar-refractivity contribution in [2.24, 2.45) is 0 Å². The molecule has 0 aromatic heterocycles. The second-order valence-electron chi connectivity index (χ2n) is 4.75.